The standard InChI is InChI=1S/C19H18N4O2S3/c1-2-23-18(24)15-11-6-3-4-7-12(11)28-17(15)21-19(23)27-10-14-20-16(22-25-14)13-8-5-9-26-13/h5,8-9H,2-4,6-7,10H2,1H3. The zero-order chi connectivity index (χ0) is 19.1. The van der Waals surface area contributed by atoms with Gasteiger partial charge in [0.1, 0.15) is 4.83 Å². The van der Waals surface area contributed by atoms with Crippen LogP contribution in [0, 0.1) is 0 Å². The molecule has 9 heteroatoms. The monoisotopic (exact) mass is 430 g/mol. The van der Waals surface area contributed by atoms with Crippen molar-refractivity contribution in [1.29, 1.82) is 0 Å². The lowest BCUT2D eigenvalue weighted by molar-refractivity contribution is 0.391. The summed E-state index contributed by atoms with van der Waals surface area (Å²) in [6, 6.07) is 3.93. The van der Waals surface area contributed by atoms with Crippen LogP contribution >= 0.6 is 34.4 Å². The fourth-order valence-electron chi connectivity index (χ4n) is 3.55. The molecule has 0 aliphatic heterocycles. The van der Waals surface area contributed by atoms with Gasteiger partial charge in [-0.2, -0.15) is 4.98 Å². The molecule has 0 radical (unpaired) electrons. The lowest BCUT2D eigenvalue weighted by Gasteiger charge is -2.11. The van der Waals surface area contributed by atoms with Crippen molar-refractivity contribution in [2.24, 2.45) is 0 Å². The number of hydrogen-bond donors (Lipinski definition) is 0. The van der Waals surface area contributed by atoms with E-state index in [9.17, 15) is 4.79 Å². The summed E-state index contributed by atoms with van der Waals surface area (Å²) >= 11 is 4.74. The van der Waals surface area contributed by atoms with Crippen molar-refractivity contribution >= 4 is 44.7 Å². The molecule has 0 atom stereocenters. The number of aromatic nitrogens is 4. The van der Waals surface area contributed by atoms with Gasteiger partial charge in [-0.1, -0.05) is 23.0 Å². The molecule has 0 N–H and O–H groups in total. The van der Waals surface area contributed by atoms with Crippen LogP contribution in [-0.4, -0.2) is 19.7 Å². The molecule has 0 amide bonds. The highest BCUT2D eigenvalue weighted by atomic mass is 32.2. The zero-order valence-electron chi connectivity index (χ0n) is 15.3. The summed E-state index contributed by atoms with van der Waals surface area (Å²) in [7, 11) is 0. The lowest BCUT2D eigenvalue weighted by Crippen LogP contribution is -2.23. The van der Waals surface area contributed by atoms with Crippen LogP contribution in [0.15, 0.2) is 32.0 Å². The maximum absolute atomic E-state index is 13.2. The molecule has 4 aromatic rings. The van der Waals surface area contributed by atoms with Crippen molar-refractivity contribution in [3.8, 4) is 10.7 Å². The van der Waals surface area contributed by atoms with E-state index in [2.05, 4.69) is 10.1 Å². The molecule has 0 spiro atoms. The first kappa shape index (κ1) is 18.1. The van der Waals surface area contributed by atoms with Gasteiger partial charge in [-0.25, -0.2) is 4.98 Å². The molecule has 1 aliphatic rings. The summed E-state index contributed by atoms with van der Waals surface area (Å²) in [6.07, 6.45) is 4.42. The predicted octanol–water partition coefficient (Wildman–Crippen LogP) is 4.76. The molecule has 5 rings (SSSR count). The highest BCUT2D eigenvalue weighted by Crippen LogP contribution is 2.35. The molecule has 0 saturated heterocycles. The third-order valence-electron chi connectivity index (χ3n) is 4.89. The molecule has 4 aromatic heterocycles. The number of nitrogens with zero attached hydrogens (tertiary/aromatic N) is 4. The average Bonchev–Trinajstić information content (AvgIpc) is 3.44. The Hall–Kier alpha value is -1.97. The summed E-state index contributed by atoms with van der Waals surface area (Å²) < 4.78 is 7.15. The molecule has 0 aromatic carbocycles. The van der Waals surface area contributed by atoms with Crippen molar-refractivity contribution in [2.75, 3.05) is 0 Å². The van der Waals surface area contributed by atoms with Gasteiger partial charge in [0, 0.05) is 11.4 Å². The van der Waals surface area contributed by atoms with Crippen LogP contribution in [-0.2, 0) is 25.1 Å². The second kappa shape index (κ2) is 7.46. The largest absolute Gasteiger partial charge is 0.338 e. The zero-order valence-corrected chi connectivity index (χ0v) is 17.8. The van der Waals surface area contributed by atoms with Gasteiger partial charge in [-0.3, -0.25) is 9.36 Å². The molecule has 0 saturated carbocycles. The van der Waals surface area contributed by atoms with Gasteiger partial charge in [-0.05, 0) is 49.6 Å². The Kier molecular flexibility index (Phi) is 4.82. The molecule has 4 heterocycles. The first-order valence-corrected chi connectivity index (χ1v) is 12.0. The summed E-state index contributed by atoms with van der Waals surface area (Å²) in [5.41, 5.74) is 1.32. The fraction of sp³-hybridized carbons (Fsp3) is 0.368. The van der Waals surface area contributed by atoms with Crippen molar-refractivity contribution in [2.45, 2.75) is 50.1 Å². The van der Waals surface area contributed by atoms with Crippen LogP contribution in [0.3, 0.4) is 0 Å². The highest BCUT2D eigenvalue weighted by Gasteiger charge is 2.22. The van der Waals surface area contributed by atoms with Crippen molar-refractivity contribution in [3.63, 3.8) is 0 Å². The summed E-state index contributed by atoms with van der Waals surface area (Å²) in [6.45, 7) is 2.58. The van der Waals surface area contributed by atoms with Crippen LogP contribution < -0.4 is 5.56 Å². The van der Waals surface area contributed by atoms with Crippen molar-refractivity contribution in [1.82, 2.24) is 19.7 Å². The first-order chi connectivity index (χ1) is 13.7. The van der Waals surface area contributed by atoms with Crippen molar-refractivity contribution < 1.29 is 4.52 Å². The highest BCUT2D eigenvalue weighted by molar-refractivity contribution is 7.98. The van der Waals surface area contributed by atoms with E-state index in [-0.39, 0.29) is 5.56 Å². The molecule has 144 valence electrons. The van der Waals surface area contributed by atoms with Gasteiger partial charge in [0.05, 0.1) is 16.0 Å². The van der Waals surface area contributed by atoms with E-state index in [1.54, 1.807) is 27.2 Å². The summed E-state index contributed by atoms with van der Waals surface area (Å²) in [5, 5.41) is 7.59. The Labute approximate surface area is 173 Å². The van der Waals surface area contributed by atoms with Crippen LogP contribution in [0.25, 0.3) is 20.9 Å². The first-order valence-electron chi connectivity index (χ1n) is 9.29. The van der Waals surface area contributed by atoms with Crippen molar-refractivity contribution in [3.05, 3.63) is 44.2 Å². The molecule has 0 unspecified atom stereocenters. The maximum atomic E-state index is 13.2. The molecular weight excluding hydrogens is 412 g/mol. The smallest absolute Gasteiger partial charge is 0.263 e. The molecule has 28 heavy (non-hydrogen) atoms. The minimum Gasteiger partial charge on any atom is -0.338 e. The van der Waals surface area contributed by atoms with Crippen LogP contribution in [0.2, 0.25) is 0 Å². The van der Waals surface area contributed by atoms with Crippen LogP contribution in [0.4, 0.5) is 0 Å². The number of thiophene rings is 2. The number of aryl methyl sites for hydroxylation is 2. The molecular formula is C19H18N4O2S3. The summed E-state index contributed by atoms with van der Waals surface area (Å²) in [4.78, 5) is 25.6. The number of hydrogen-bond acceptors (Lipinski definition) is 8. The summed E-state index contributed by atoms with van der Waals surface area (Å²) in [5.74, 6) is 1.63. The lowest BCUT2D eigenvalue weighted by atomic mass is 9.97. The maximum Gasteiger partial charge on any atom is 0.263 e. The quantitative estimate of drug-likeness (QED) is 0.336. The van der Waals surface area contributed by atoms with Gasteiger partial charge in [0.2, 0.25) is 11.7 Å². The van der Waals surface area contributed by atoms with Crippen LogP contribution in [0.1, 0.15) is 36.1 Å². The van der Waals surface area contributed by atoms with Gasteiger partial charge in [0.25, 0.3) is 5.56 Å². The van der Waals surface area contributed by atoms with E-state index in [0.29, 0.717) is 24.0 Å². The minimum atomic E-state index is 0.0826. The Morgan fingerprint density at radius 3 is 3.00 bits per heavy atom. The van der Waals surface area contributed by atoms with E-state index < -0.39 is 0 Å². The number of rotatable bonds is 5. The van der Waals surface area contributed by atoms with Gasteiger partial charge in [0.15, 0.2) is 5.16 Å². The Morgan fingerprint density at radius 2 is 2.18 bits per heavy atom. The third-order valence-corrected chi connectivity index (χ3v) is 7.90. The SMILES string of the molecule is CCn1c(SCc2nc(-c3cccs3)no2)nc2sc3c(c2c1=O)CCCC3. The Bertz CT molecular complexity index is 1190. The van der Waals surface area contributed by atoms with E-state index in [1.165, 1.54) is 28.6 Å². The van der Waals surface area contributed by atoms with E-state index >= 15 is 0 Å². The van der Waals surface area contributed by atoms with Gasteiger partial charge in [-0.15, -0.1) is 22.7 Å². The topological polar surface area (TPSA) is 73.8 Å². The Balaban J connectivity index is 1.46. The third kappa shape index (κ3) is 3.11. The number of thioether (sulfide) groups is 1. The average molecular weight is 431 g/mol. The fourth-order valence-corrected chi connectivity index (χ4v) is 6.41. The molecule has 6 nitrogen and oxygen atoms in total. The number of fused-ring (bicyclic) bond motifs is 3. The normalized spacial score (nSPS) is 13.9. The minimum absolute atomic E-state index is 0.0826. The second-order valence-corrected chi connectivity index (χ2v) is 9.59. The molecule has 0 fully saturated rings. The van der Waals surface area contributed by atoms with E-state index in [0.717, 1.165) is 39.5 Å². The molecule has 1 aliphatic carbocycles. The second-order valence-electron chi connectivity index (χ2n) is 6.61. The molecule has 0 bridgehead atoms. The van der Waals surface area contributed by atoms with E-state index in [4.69, 9.17) is 9.51 Å². The van der Waals surface area contributed by atoms with E-state index in [1.807, 2.05) is 24.4 Å². The van der Waals surface area contributed by atoms with Gasteiger partial charge >= 0.3 is 0 Å². The van der Waals surface area contributed by atoms with Crippen LogP contribution in [0.5, 0.6) is 0 Å². The predicted molar refractivity (Wildman–Crippen MR) is 113 cm³/mol. The Morgan fingerprint density at radius 1 is 1.29 bits per heavy atom. The van der Waals surface area contributed by atoms with Gasteiger partial charge < -0.3 is 4.52 Å².